The van der Waals surface area contributed by atoms with E-state index in [9.17, 15) is 14.7 Å². The van der Waals surface area contributed by atoms with Gasteiger partial charge in [-0.2, -0.15) is 0 Å². The number of aryl methyl sites for hydroxylation is 1. The van der Waals surface area contributed by atoms with Gasteiger partial charge in [0.15, 0.2) is 0 Å². The van der Waals surface area contributed by atoms with Crippen molar-refractivity contribution in [3.8, 4) is 11.1 Å². The van der Waals surface area contributed by atoms with E-state index in [0.29, 0.717) is 17.5 Å². The molecule has 4 rings (SSSR count). The molecule has 7 nitrogen and oxygen atoms in total. The second kappa shape index (κ2) is 8.63. The molecule has 0 aliphatic heterocycles. The van der Waals surface area contributed by atoms with Crippen LogP contribution in [0.4, 0.5) is 0 Å². The van der Waals surface area contributed by atoms with Gasteiger partial charge < -0.3 is 21.1 Å². The van der Waals surface area contributed by atoms with Gasteiger partial charge in [-0.3, -0.25) is 10.2 Å². The second-order valence-electron chi connectivity index (χ2n) is 7.89. The zero-order valence-electron chi connectivity index (χ0n) is 18.1. The zero-order chi connectivity index (χ0) is 23.7. The van der Waals surface area contributed by atoms with Gasteiger partial charge in [-0.25, -0.2) is 4.79 Å². The fourth-order valence-corrected chi connectivity index (χ4v) is 4.13. The third-order valence-electron chi connectivity index (χ3n) is 5.78. The third-order valence-corrected chi connectivity index (χ3v) is 5.78. The minimum atomic E-state index is -1.12. The number of primary amides is 1. The van der Waals surface area contributed by atoms with E-state index in [-0.39, 0.29) is 17.0 Å². The summed E-state index contributed by atoms with van der Waals surface area (Å²) >= 11 is 0. The summed E-state index contributed by atoms with van der Waals surface area (Å²) < 4.78 is 2.13. The molecule has 33 heavy (non-hydrogen) atoms. The van der Waals surface area contributed by atoms with E-state index in [2.05, 4.69) is 17.7 Å². The van der Waals surface area contributed by atoms with Crippen molar-refractivity contribution in [2.75, 3.05) is 0 Å². The highest BCUT2D eigenvalue weighted by atomic mass is 16.4. The standard InChI is InChI=1S/C26H24N4O3/c1-2-30-14-19(21-9-6-17(24(27)28)13-23(21)30)11-15-4-3-5-16(10-15)20-8-7-18(25(29)31)12-22(20)26(32)33/h3-10,12-14H,2,11H2,1H3,(H3,27,28)(H2,29,31)(H,32,33). The van der Waals surface area contributed by atoms with Gasteiger partial charge in [-0.05, 0) is 53.8 Å². The molecule has 6 N–H and O–H groups in total. The average molecular weight is 441 g/mol. The number of nitrogens with one attached hydrogen (secondary N) is 1. The Hall–Kier alpha value is -4.39. The highest BCUT2D eigenvalue weighted by Gasteiger charge is 2.16. The summed E-state index contributed by atoms with van der Waals surface area (Å²) in [6.07, 6.45) is 2.75. The van der Waals surface area contributed by atoms with Crippen molar-refractivity contribution in [2.24, 2.45) is 11.5 Å². The number of benzene rings is 3. The molecule has 0 atom stereocenters. The van der Waals surface area contributed by atoms with Crippen molar-refractivity contribution in [2.45, 2.75) is 19.9 Å². The van der Waals surface area contributed by atoms with E-state index in [1.54, 1.807) is 6.07 Å². The van der Waals surface area contributed by atoms with Gasteiger partial charge in [0.2, 0.25) is 5.91 Å². The van der Waals surface area contributed by atoms with E-state index in [4.69, 9.17) is 16.9 Å². The van der Waals surface area contributed by atoms with Gasteiger partial charge in [-0.15, -0.1) is 0 Å². The smallest absolute Gasteiger partial charge is 0.336 e. The number of aromatic nitrogens is 1. The first-order valence-corrected chi connectivity index (χ1v) is 10.5. The van der Waals surface area contributed by atoms with Crippen molar-refractivity contribution in [3.05, 3.63) is 94.7 Å². The first-order chi connectivity index (χ1) is 15.8. The second-order valence-corrected chi connectivity index (χ2v) is 7.89. The van der Waals surface area contributed by atoms with Crippen LogP contribution in [0.2, 0.25) is 0 Å². The van der Waals surface area contributed by atoms with E-state index in [1.165, 1.54) is 12.1 Å². The summed E-state index contributed by atoms with van der Waals surface area (Å²) in [5.74, 6) is -1.75. The number of hydrogen-bond acceptors (Lipinski definition) is 3. The molecule has 0 saturated heterocycles. The van der Waals surface area contributed by atoms with E-state index in [1.807, 2.05) is 42.5 Å². The molecule has 3 aromatic carbocycles. The molecule has 1 aromatic heterocycles. The molecule has 0 spiro atoms. The Morgan fingerprint density at radius 2 is 1.76 bits per heavy atom. The van der Waals surface area contributed by atoms with Crippen molar-refractivity contribution in [1.82, 2.24) is 4.57 Å². The number of nitrogens with two attached hydrogens (primary N) is 2. The predicted octanol–water partition coefficient (Wildman–Crippen LogP) is 4.00. The van der Waals surface area contributed by atoms with Gasteiger partial charge in [-0.1, -0.05) is 42.5 Å². The van der Waals surface area contributed by atoms with Crippen molar-refractivity contribution < 1.29 is 14.7 Å². The van der Waals surface area contributed by atoms with Crippen LogP contribution in [0.1, 0.15) is 44.3 Å². The maximum Gasteiger partial charge on any atom is 0.336 e. The summed E-state index contributed by atoms with van der Waals surface area (Å²) in [4.78, 5) is 23.3. The lowest BCUT2D eigenvalue weighted by Gasteiger charge is -2.10. The first-order valence-electron chi connectivity index (χ1n) is 10.5. The Kier molecular flexibility index (Phi) is 5.70. The molecular weight excluding hydrogens is 416 g/mol. The maximum absolute atomic E-state index is 11.8. The van der Waals surface area contributed by atoms with Crippen LogP contribution in [0.5, 0.6) is 0 Å². The molecule has 0 radical (unpaired) electrons. The van der Waals surface area contributed by atoms with E-state index >= 15 is 0 Å². The maximum atomic E-state index is 11.8. The quantitative estimate of drug-likeness (QED) is 0.255. The number of carboxylic acids is 1. The van der Waals surface area contributed by atoms with Crippen LogP contribution < -0.4 is 11.5 Å². The highest BCUT2D eigenvalue weighted by Crippen LogP contribution is 2.29. The number of carbonyl (C=O) groups is 2. The molecule has 1 heterocycles. The predicted molar refractivity (Wildman–Crippen MR) is 129 cm³/mol. The molecule has 0 fully saturated rings. The highest BCUT2D eigenvalue weighted by molar-refractivity contribution is 6.01. The summed E-state index contributed by atoms with van der Waals surface area (Å²) in [5.41, 5.74) is 16.3. The number of carboxylic acid groups (broad SMARTS) is 1. The number of carbonyl (C=O) groups excluding carboxylic acids is 1. The number of amidine groups is 1. The summed E-state index contributed by atoms with van der Waals surface area (Å²) in [5, 5.41) is 18.5. The lowest BCUT2D eigenvalue weighted by molar-refractivity contribution is 0.0697. The molecule has 0 unspecified atom stereocenters. The Labute approximate surface area is 190 Å². The van der Waals surface area contributed by atoms with Gasteiger partial charge >= 0.3 is 5.97 Å². The first kappa shape index (κ1) is 21.8. The number of aromatic carboxylic acids is 1. The Morgan fingerprint density at radius 1 is 1.00 bits per heavy atom. The van der Waals surface area contributed by atoms with E-state index in [0.717, 1.165) is 34.1 Å². The van der Waals surface area contributed by atoms with Gasteiger partial charge in [0.25, 0.3) is 0 Å². The largest absolute Gasteiger partial charge is 0.478 e. The SMILES string of the molecule is CCn1cc(Cc2cccc(-c3ccc(C(N)=O)cc3C(=O)O)c2)c2ccc(C(=N)N)cc21. The lowest BCUT2D eigenvalue weighted by atomic mass is 9.94. The Morgan fingerprint density at radius 3 is 2.42 bits per heavy atom. The average Bonchev–Trinajstić information content (AvgIpc) is 3.15. The molecular formula is C26H24N4O3. The molecule has 7 heteroatoms. The summed E-state index contributed by atoms with van der Waals surface area (Å²) in [6, 6.07) is 18.0. The fourth-order valence-electron chi connectivity index (χ4n) is 4.13. The molecule has 1 amide bonds. The van der Waals surface area contributed by atoms with Crippen LogP contribution in [0, 0.1) is 5.41 Å². The van der Waals surface area contributed by atoms with Crippen LogP contribution in [0.25, 0.3) is 22.0 Å². The molecule has 4 aromatic rings. The van der Waals surface area contributed by atoms with Crippen LogP contribution in [0.15, 0.2) is 66.9 Å². The normalized spacial score (nSPS) is 10.9. The zero-order valence-corrected chi connectivity index (χ0v) is 18.1. The lowest BCUT2D eigenvalue weighted by Crippen LogP contribution is -2.12. The topological polar surface area (TPSA) is 135 Å². The van der Waals surface area contributed by atoms with Gasteiger partial charge in [0, 0.05) is 34.8 Å². The number of hydrogen-bond donors (Lipinski definition) is 4. The monoisotopic (exact) mass is 440 g/mol. The molecule has 166 valence electrons. The van der Waals surface area contributed by atoms with Crippen LogP contribution in [-0.4, -0.2) is 27.4 Å². The number of amides is 1. The number of rotatable bonds is 7. The fraction of sp³-hybridized carbons (Fsp3) is 0.115. The number of nitrogens with zero attached hydrogens (tertiary/aromatic N) is 1. The summed E-state index contributed by atoms with van der Waals surface area (Å²) in [6.45, 7) is 2.85. The number of fused-ring (bicyclic) bond motifs is 1. The minimum Gasteiger partial charge on any atom is -0.478 e. The molecule has 0 saturated carbocycles. The van der Waals surface area contributed by atoms with E-state index < -0.39 is 11.9 Å². The molecule has 0 aliphatic carbocycles. The Balaban J connectivity index is 1.74. The third kappa shape index (κ3) is 4.21. The Bertz CT molecular complexity index is 1420. The van der Waals surface area contributed by atoms with Crippen LogP contribution >= 0.6 is 0 Å². The molecule has 0 aliphatic rings. The summed E-state index contributed by atoms with van der Waals surface area (Å²) in [7, 11) is 0. The van der Waals surface area contributed by atoms with Gasteiger partial charge in [0.05, 0.1) is 5.56 Å². The van der Waals surface area contributed by atoms with Crippen molar-refractivity contribution >= 4 is 28.6 Å². The van der Waals surface area contributed by atoms with Crippen LogP contribution in [0.3, 0.4) is 0 Å². The minimum absolute atomic E-state index is 0.0304. The number of nitrogen functional groups attached to an aromatic ring is 1. The van der Waals surface area contributed by atoms with Gasteiger partial charge in [0.1, 0.15) is 5.84 Å². The van der Waals surface area contributed by atoms with Crippen LogP contribution in [-0.2, 0) is 13.0 Å². The molecule has 0 bridgehead atoms. The van der Waals surface area contributed by atoms with Crippen molar-refractivity contribution in [3.63, 3.8) is 0 Å². The van der Waals surface area contributed by atoms with Crippen molar-refractivity contribution in [1.29, 1.82) is 5.41 Å².